The van der Waals surface area contributed by atoms with Crippen LogP contribution in [0.2, 0.25) is 4.34 Å². The Hall–Kier alpha value is -1.24. The van der Waals surface area contributed by atoms with Crippen LogP contribution in [0.25, 0.3) is 0 Å². The first-order valence-electron chi connectivity index (χ1n) is 6.58. The molecule has 112 valence electrons. The molecule has 1 aliphatic heterocycles. The summed E-state index contributed by atoms with van der Waals surface area (Å²) in [6.45, 7) is 1.30. The third-order valence-corrected chi connectivity index (χ3v) is 7.02. The van der Waals surface area contributed by atoms with E-state index in [0.717, 1.165) is 35.7 Å². The van der Waals surface area contributed by atoms with Crippen LogP contribution in [0.3, 0.4) is 0 Å². The Morgan fingerprint density at radius 2 is 1.81 bits per heavy atom. The molecular weight excluding hydrogens is 328 g/mol. The molecule has 0 spiro atoms. The molecule has 0 unspecified atom stereocenters. The molecule has 4 nitrogen and oxygen atoms in total. The van der Waals surface area contributed by atoms with E-state index in [1.54, 1.807) is 12.1 Å². The standard InChI is InChI=1S/C14H15ClN2O2S2/c1-16-9-4-10-17(12-6-3-2-5-11(12)16)21(18,19)14-8-7-13(15)20-14/h2-3,5-8H,4,9-10H2,1H3. The molecule has 1 aromatic carbocycles. The van der Waals surface area contributed by atoms with Gasteiger partial charge in [0.15, 0.2) is 0 Å². The smallest absolute Gasteiger partial charge is 0.273 e. The molecule has 0 atom stereocenters. The van der Waals surface area contributed by atoms with E-state index in [-0.39, 0.29) is 4.21 Å². The highest BCUT2D eigenvalue weighted by Crippen LogP contribution is 2.37. The highest BCUT2D eigenvalue weighted by atomic mass is 35.5. The largest absolute Gasteiger partial charge is 0.373 e. The summed E-state index contributed by atoms with van der Waals surface area (Å²) >= 11 is 6.98. The summed E-state index contributed by atoms with van der Waals surface area (Å²) in [5, 5.41) is 0. The molecule has 0 bridgehead atoms. The minimum atomic E-state index is -3.56. The van der Waals surface area contributed by atoms with Crippen LogP contribution >= 0.6 is 22.9 Å². The van der Waals surface area contributed by atoms with Crippen LogP contribution in [-0.2, 0) is 10.0 Å². The fraction of sp³-hybridized carbons (Fsp3) is 0.286. The van der Waals surface area contributed by atoms with Crippen LogP contribution in [0.15, 0.2) is 40.6 Å². The van der Waals surface area contributed by atoms with Gasteiger partial charge in [-0.05, 0) is 30.7 Å². The van der Waals surface area contributed by atoms with Crippen molar-refractivity contribution < 1.29 is 8.42 Å². The SMILES string of the molecule is CN1CCCN(S(=O)(=O)c2ccc(Cl)s2)c2ccccc21. The monoisotopic (exact) mass is 342 g/mol. The lowest BCUT2D eigenvalue weighted by Crippen LogP contribution is -2.31. The van der Waals surface area contributed by atoms with Gasteiger partial charge in [-0.1, -0.05) is 23.7 Å². The summed E-state index contributed by atoms with van der Waals surface area (Å²) in [5.41, 5.74) is 1.66. The van der Waals surface area contributed by atoms with E-state index in [4.69, 9.17) is 11.6 Å². The molecule has 0 saturated carbocycles. The molecule has 2 heterocycles. The first-order valence-corrected chi connectivity index (χ1v) is 9.22. The average Bonchev–Trinajstić information content (AvgIpc) is 2.83. The Balaban J connectivity index is 2.12. The van der Waals surface area contributed by atoms with Crippen molar-refractivity contribution in [2.24, 2.45) is 0 Å². The number of hydrogen-bond donors (Lipinski definition) is 0. The molecule has 7 heteroatoms. The van der Waals surface area contributed by atoms with Gasteiger partial charge in [-0.15, -0.1) is 11.3 Å². The first-order chi connectivity index (χ1) is 10.00. The van der Waals surface area contributed by atoms with E-state index >= 15 is 0 Å². The number of anilines is 2. The second kappa shape index (κ2) is 5.51. The predicted molar refractivity (Wildman–Crippen MR) is 88.2 cm³/mol. The summed E-state index contributed by atoms with van der Waals surface area (Å²) < 4.78 is 28.0. The highest BCUT2D eigenvalue weighted by Gasteiger charge is 2.30. The topological polar surface area (TPSA) is 40.6 Å². The van der Waals surface area contributed by atoms with Crippen LogP contribution in [0.1, 0.15) is 6.42 Å². The van der Waals surface area contributed by atoms with Crippen molar-refractivity contribution in [2.45, 2.75) is 10.6 Å². The molecule has 3 rings (SSSR count). The summed E-state index contributed by atoms with van der Waals surface area (Å²) in [7, 11) is -1.58. The lowest BCUT2D eigenvalue weighted by Gasteiger charge is -2.24. The Morgan fingerprint density at radius 1 is 1.10 bits per heavy atom. The number of halogens is 1. The van der Waals surface area contributed by atoms with Gasteiger partial charge in [-0.3, -0.25) is 4.31 Å². The highest BCUT2D eigenvalue weighted by molar-refractivity contribution is 7.94. The summed E-state index contributed by atoms with van der Waals surface area (Å²) in [4.78, 5) is 2.09. The molecule has 0 radical (unpaired) electrons. The second-order valence-electron chi connectivity index (χ2n) is 4.90. The summed E-state index contributed by atoms with van der Waals surface area (Å²) in [5.74, 6) is 0. The minimum Gasteiger partial charge on any atom is -0.373 e. The maximum Gasteiger partial charge on any atom is 0.273 e. The number of hydrogen-bond acceptors (Lipinski definition) is 4. The molecule has 2 aromatic rings. The molecule has 1 aromatic heterocycles. The van der Waals surface area contributed by atoms with E-state index < -0.39 is 10.0 Å². The van der Waals surface area contributed by atoms with E-state index in [1.165, 1.54) is 4.31 Å². The molecule has 0 saturated heterocycles. The molecule has 0 amide bonds. The van der Waals surface area contributed by atoms with Gasteiger partial charge in [0.1, 0.15) is 4.21 Å². The predicted octanol–water partition coefficient (Wildman–Crippen LogP) is 3.44. The van der Waals surface area contributed by atoms with Gasteiger partial charge < -0.3 is 4.90 Å². The van der Waals surface area contributed by atoms with Gasteiger partial charge in [0.2, 0.25) is 0 Å². The zero-order valence-electron chi connectivity index (χ0n) is 11.5. The van der Waals surface area contributed by atoms with Crippen LogP contribution in [0, 0.1) is 0 Å². The number of nitrogens with zero attached hydrogens (tertiary/aromatic N) is 2. The van der Waals surface area contributed by atoms with E-state index in [1.807, 2.05) is 31.3 Å². The molecule has 1 aliphatic rings. The van der Waals surface area contributed by atoms with Gasteiger partial charge in [-0.25, -0.2) is 8.42 Å². The third kappa shape index (κ3) is 2.63. The quantitative estimate of drug-likeness (QED) is 0.839. The molecule has 0 aliphatic carbocycles. The van der Waals surface area contributed by atoms with Crippen molar-refractivity contribution in [1.82, 2.24) is 0 Å². The Bertz CT molecular complexity index is 758. The van der Waals surface area contributed by atoms with Crippen LogP contribution < -0.4 is 9.21 Å². The zero-order valence-corrected chi connectivity index (χ0v) is 13.9. The van der Waals surface area contributed by atoms with Gasteiger partial charge in [0.05, 0.1) is 15.7 Å². The van der Waals surface area contributed by atoms with Crippen molar-refractivity contribution in [3.8, 4) is 0 Å². The molecule has 21 heavy (non-hydrogen) atoms. The molecular formula is C14H15ClN2O2S2. The van der Waals surface area contributed by atoms with Crippen molar-refractivity contribution in [1.29, 1.82) is 0 Å². The summed E-state index contributed by atoms with van der Waals surface area (Å²) in [6, 6.07) is 10.8. The number of benzene rings is 1. The number of fused-ring (bicyclic) bond motifs is 1. The van der Waals surface area contributed by atoms with Crippen molar-refractivity contribution in [2.75, 3.05) is 29.3 Å². The fourth-order valence-electron chi connectivity index (χ4n) is 2.48. The maximum absolute atomic E-state index is 12.9. The van der Waals surface area contributed by atoms with Crippen molar-refractivity contribution >= 4 is 44.3 Å². The van der Waals surface area contributed by atoms with Gasteiger partial charge >= 0.3 is 0 Å². The van der Waals surface area contributed by atoms with Crippen LogP contribution in [0.5, 0.6) is 0 Å². The molecule has 0 N–H and O–H groups in total. The average molecular weight is 343 g/mol. The maximum atomic E-state index is 12.9. The number of thiophene rings is 1. The number of sulfonamides is 1. The fourth-order valence-corrected chi connectivity index (χ4v) is 5.60. The summed E-state index contributed by atoms with van der Waals surface area (Å²) in [6.07, 6.45) is 0.781. The zero-order chi connectivity index (χ0) is 15.0. The second-order valence-corrected chi connectivity index (χ2v) is 8.70. The van der Waals surface area contributed by atoms with Crippen LogP contribution in [0.4, 0.5) is 11.4 Å². The Morgan fingerprint density at radius 3 is 2.48 bits per heavy atom. The van der Waals surface area contributed by atoms with E-state index in [2.05, 4.69) is 4.90 Å². The van der Waals surface area contributed by atoms with Crippen molar-refractivity contribution in [3.05, 3.63) is 40.7 Å². The lowest BCUT2D eigenvalue weighted by atomic mass is 10.2. The third-order valence-electron chi connectivity index (χ3n) is 3.51. The van der Waals surface area contributed by atoms with Crippen molar-refractivity contribution in [3.63, 3.8) is 0 Å². The Labute approximate surface area is 133 Å². The minimum absolute atomic E-state index is 0.284. The molecule has 0 fully saturated rings. The normalized spacial score (nSPS) is 15.7. The van der Waals surface area contributed by atoms with E-state index in [0.29, 0.717) is 10.9 Å². The lowest BCUT2D eigenvalue weighted by molar-refractivity contribution is 0.592. The van der Waals surface area contributed by atoms with Gasteiger partial charge in [0, 0.05) is 20.1 Å². The van der Waals surface area contributed by atoms with Gasteiger partial charge in [0.25, 0.3) is 10.0 Å². The Kier molecular flexibility index (Phi) is 3.86. The van der Waals surface area contributed by atoms with Gasteiger partial charge in [-0.2, -0.15) is 0 Å². The number of para-hydroxylation sites is 2. The first kappa shape index (κ1) is 14.7. The van der Waals surface area contributed by atoms with E-state index in [9.17, 15) is 8.42 Å². The number of rotatable bonds is 2. The van der Waals surface area contributed by atoms with Crippen LogP contribution in [-0.4, -0.2) is 28.6 Å².